The van der Waals surface area contributed by atoms with Crippen LogP contribution in [-0.2, 0) is 0 Å². The average Bonchev–Trinajstić information content (AvgIpc) is 3.13. The molecule has 0 unspecified atom stereocenters. The van der Waals surface area contributed by atoms with Crippen LogP contribution < -0.4 is 4.74 Å². The number of hydrogen-bond acceptors (Lipinski definition) is 3. The van der Waals surface area contributed by atoms with Crippen LogP contribution in [0.3, 0.4) is 0 Å². The van der Waals surface area contributed by atoms with E-state index in [1.165, 1.54) is 31.7 Å². The third-order valence-electron chi connectivity index (χ3n) is 4.08. The molecule has 0 aliphatic carbocycles. The molecule has 0 aliphatic heterocycles. The summed E-state index contributed by atoms with van der Waals surface area (Å²) in [4.78, 5) is 10.7. The Kier molecular flexibility index (Phi) is 13.5. The molecule has 0 amide bonds. The first-order chi connectivity index (χ1) is 13.2. The van der Waals surface area contributed by atoms with Crippen LogP contribution in [0.25, 0.3) is 0 Å². The Balaban J connectivity index is 1.86. The Morgan fingerprint density at radius 3 is 2.22 bits per heavy atom. The molecule has 0 aliphatic rings. The van der Waals surface area contributed by atoms with Crippen LogP contribution in [0.2, 0.25) is 0 Å². The average molecular weight is 375 g/mol. The smallest absolute Gasteiger partial charge is 0.371 e. The van der Waals surface area contributed by atoms with Crippen molar-refractivity contribution in [2.24, 2.45) is 0 Å². The lowest BCUT2D eigenvalue weighted by Crippen LogP contribution is -1.96. The predicted molar refractivity (Wildman–Crippen MR) is 110 cm³/mol. The van der Waals surface area contributed by atoms with Gasteiger partial charge in [-0.1, -0.05) is 69.1 Å². The molecule has 0 fully saturated rings. The predicted octanol–water partition coefficient (Wildman–Crippen LogP) is 6.95. The maximum Gasteiger partial charge on any atom is 0.371 e. The molecular weight excluding hydrogens is 340 g/mol. The summed E-state index contributed by atoms with van der Waals surface area (Å²) in [6.07, 6.45) is 24.8. The van der Waals surface area contributed by atoms with Gasteiger partial charge in [0.2, 0.25) is 5.76 Å². The highest BCUT2D eigenvalue weighted by molar-refractivity contribution is 5.84. The number of furan rings is 1. The van der Waals surface area contributed by atoms with Gasteiger partial charge in [-0.05, 0) is 44.6 Å². The van der Waals surface area contributed by atoms with Gasteiger partial charge in [0, 0.05) is 6.07 Å². The SMILES string of the molecule is CC/C=C/C/C=C/C/C=C/CCCCCCCCOc1ccc(C(=O)O)o1. The number of unbranched alkanes of at least 4 members (excludes halogenated alkanes) is 6. The maximum absolute atomic E-state index is 10.7. The van der Waals surface area contributed by atoms with E-state index in [1.54, 1.807) is 6.07 Å². The monoisotopic (exact) mass is 374 g/mol. The molecule has 0 bridgehead atoms. The fourth-order valence-electron chi connectivity index (χ4n) is 2.58. The van der Waals surface area contributed by atoms with E-state index in [0.29, 0.717) is 6.61 Å². The second-order valence-corrected chi connectivity index (χ2v) is 6.48. The van der Waals surface area contributed by atoms with Gasteiger partial charge in [-0.25, -0.2) is 4.79 Å². The molecule has 0 spiro atoms. The van der Waals surface area contributed by atoms with Crippen molar-refractivity contribution in [2.75, 3.05) is 6.61 Å². The summed E-state index contributed by atoms with van der Waals surface area (Å²) in [5.41, 5.74) is 0. The summed E-state index contributed by atoms with van der Waals surface area (Å²) >= 11 is 0. The standard InChI is InChI=1S/C23H34O4/c1-2-3-4-5-6-7-8-9-10-11-12-13-14-15-16-17-20-26-22-19-18-21(27-22)23(24)25/h3-4,6-7,9-10,18-19H,2,5,8,11-17,20H2,1H3,(H,24,25)/b4-3+,7-6+,10-9+. The van der Waals surface area contributed by atoms with Crippen LogP contribution in [-0.4, -0.2) is 17.7 Å². The fraction of sp³-hybridized carbons (Fsp3) is 0.522. The van der Waals surface area contributed by atoms with Crippen LogP contribution in [0.5, 0.6) is 5.95 Å². The Hall–Kier alpha value is -2.23. The van der Waals surface area contributed by atoms with Gasteiger partial charge in [0.15, 0.2) is 0 Å². The molecule has 0 atom stereocenters. The van der Waals surface area contributed by atoms with E-state index in [0.717, 1.165) is 38.5 Å². The van der Waals surface area contributed by atoms with Crippen molar-refractivity contribution in [2.45, 2.75) is 71.1 Å². The fourth-order valence-corrected chi connectivity index (χ4v) is 2.58. The lowest BCUT2D eigenvalue weighted by Gasteiger charge is -2.03. The van der Waals surface area contributed by atoms with Crippen LogP contribution in [0.4, 0.5) is 0 Å². The number of hydrogen-bond donors (Lipinski definition) is 1. The molecule has 0 radical (unpaired) electrons. The minimum atomic E-state index is -1.07. The first-order valence-electron chi connectivity index (χ1n) is 10.1. The van der Waals surface area contributed by atoms with E-state index < -0.39 is 5.97 Å². The summed E-state index contributed by atoms with van der Waals surface area (Å²) in [6.45, 7) is 2.72. The van der Waals surface area contributed by atoms with Crippen molar-refractivity contribution in [1.29, 1.82) is 0 Å². The highest BCUT2D eigenvalue weighted by Gasteiger charge is 2.09. The first-order valence-corrected chi connectivity index (χ1v) is 10.1. The van der Waals surface area contributed by atoms with Crippen LogP contribution in [0.15, 0.2) is 53.0 Å². The van der Waals surface area contributed by atoms with E-state index >= 15 is 0 Å². The maximum atomic E-state index is 10.7. The third kappa shape index (κ3) is 12.7. The summed E-state index contributed by atoms with van der Waals surface area (Å²) < 4.78 is 10.4. The van der Waals surface area contributed by atoms with Crippen molar-refractivity contribution in [3.8, 4) is 5.95 Å². The highest BCUT2D eigenvalue weighted by Crippen LogP contribution is 2.16. The van der Waals surface area contributed by atoms with Gasteiger partial charge in [-0.3, -0.25) is 0 Å². The molecule has 150 valence electrons. The van der Waals surface area contributed by atoms with Gasteiger partial charge >= 0.3 is 5.97 Å². The van der Waals surface area contributed by atoms with Crippen molar-refractivity contribution >= 4 is 5.97 Å². The van der Waals surface area contributed by atoms with Crippen LogP contribution in [0.1, 0.15) is 81.7 Å². The molecule has 1 aromatic heterocycles. The minimum absolute atomic E-state index is 0.0841. The Bertz CT molecular complexity index is 581. The molecule has 1 N–H and O–H groups in total. The number of carbonyl (C=O) groups is 1. The molecule has 27 heavy (non-hydrogen) atoms. The van der Waals surface area contributed by atoms with E-state index in [-0.39, 0.29) is 11.7 Å². The quantitative estimate of drug-likeness (QED) is 0.251. The van der Waals surface area contributed by atoms with Crippen molar-refractivity contribution in [1.82, 2.24) is 0 Å². The Morgan fingerprint density at radius 1 is 0.926 bits per heavy atom. The second kappa shape index (κ2) is 16.0. The molecular formula is C23H34O4. The summed E-state index contributed by atoms with van der Waals surface area (Å²) in [7, 11) is 0. The number of aromatic carboxylic acids is 1. The lowest BCUT2D eigenvalue weighted by molar-refractivity contribution is 0.0653. The number of carboxylic acid groups (broad SMARTS) is 1. The number of carboxylic acids is 1. The van der Waals surface area contributed by atoms with Gasteiger partial charge < -0.3 is 14.3 Å². The molecule has 0 saturated heterocycles. The van der Waals surface area contributed by atoms with Crippen LogP contribution >= 0.6 is 0 Å². The van der Waals surface area contributed by atoms with E-state index in [4.69, 9.17) is 14.3 Å². The molecule has 1 rings (SSSR count). The second-order valence-electron chi connectivity index (χ2n) is 6.48. The van der Waals surface area contributed by atoms with Crippen molar-refractivity contribution < 1.29 is 19.1 Å². The summed E-state index contributed by atoms with van der Waals surface area (Å²) in [5, 5.41) is 8.76. The molecule has 0 saturated carbocycles. The van der Waals surface area contributed by atoms with Crippen molar-refractivity contribution in [3.63, 3.8) is 0 Å². The number of rotatable bonds is 16. The van der Waals surface area contributed by atoms with Gasteiger partial charge in [-0.2, -0.15) is 0 Å². The first kappa shape index (κ1) is 22.8. The lowest BCUT2D eigenvalue weighted by atomic mass is 10.1. The topological polar surface area (TPSA) is 59.7 Å². The third-order valence-corrected chi connectivity index (χ3v) is 4.08. The summed E-state index contributed by atoms with van der Waals surface area (Å²) in [5.74, 6) is -0.873. The molecule has 4 heteroatoms. The zero-order valence-corrected chi connectivity index (χ0v) is 16.6. The van der Waals surface area contributed by atoms with Gasteiger partial charge in [0.25, 0.3) is 5.95 Å². The Labute approximate surface area is 163 Å². The Morgan fingerprint density at radius 2 is 1.56 bits per heavy atom. The van der Waals surface area contributed by atoms with Gasteiger partial charge in [0.05, 0.1) is 6.61 Å². The normalized spacial score (nSPS) is 11.9. The van der Waals surface area contributed by atoms with Crippen LogP contribution in [0, 0.1) is 0 Å². The zero-order valence-electron chi connectivity index (χ0n) is 16.6. The number of ether oxygens (including phenoxy) is 1. The zero-order chi connectivity index (χ0) is 19.6. The molecule has 1 heterocycles. The molecule has 1 aromatic rings. The van der Waals surface area contributed by atoms with E-state index in [1.807, 2.05) is 0 Å². The van der Waals surface area contributed by atoms with Gasteiger partial charge in [-0.15, -0.1) is 0 Å². The van der Waals surface area contributed by atoms with E-state index in [9.17, 15) is 4.79 Å². The highest BCUT2D eigenvalue weighted by atomic mass is 16.6. The molecule has 0 aromatic carbocycles. The van der Waals surface area contributed by atoms with Gasteiger partial charge in [0.1, 0.15) is 0 Å². The molecule has 4 nitrogen and oxygen atoms in total. The number of allylic oxidation sites excluding steroid dienone is 6. The largest absolute Gasteiger partial charge is 0.475 e. The summed E-state index contributed by atoms with van der Waals surface area (Å²) in [6, 6.07) is 2.96. The van der Waals surface area contributed by atoms with Crippen molar-refractivity contribution in [3.05, 3.63) is 54.3 Å². The minimum Gasteiger partial charge on any atom is -0.475 e. The van der Waals surface area contributed by atoms with E-state index in [2.05, 4.69) is 43.4 Å².